The summed E-state index contributed by atoms with van der Waals surface area (Å²) in [6, 6.07) is 3.81. The smallest absolute Gasteiger partial charge is 0.293 e. The lowest BCUT2D eigenvalue weighted by Crippen LogP contribution is -2.41. The molecular formula is C13H17N3O5S. The molecule has 2 rings (SSSR count). The van der Waals surface area contributed by atoms with E-state index in [-0.39, 0.29) is 16.5 Å². The van der Waals surface area contributed by atoms with Crippen molar-refractivity contribution in [2.24, 2.45) is 11.7 Å². The van der Waals surface area contributed by atoms with E-state index in [1.807, 2.05) is 0 Å². The fraction of sp³-hybridized carbons (Fsp3) is 0.462. The van der Waals surface area contributed by atoms with Crippen LogP contribution >= 0.6 is 0 Å². The van der Waals surface area contributed by atoms with Crippen molar-refractivity contribution in [3.8, 4) is 0 Å². The predicted octanol–water partition coefficient (Wildman–Crippen LogP) is 0.700. The Kier molecular flexibility index (Phi) is 4.36. The van der Waals surface area contributed by atoms with Crippen molar-refractivity contribution < 1.29 is 18.1 Å². The first-order valence-corrected chi connectivity index (χ1v) is 8.62. The maximum atomic E-state index is 11.5. The number of sulfone groups is 1. The van der Waals surface area contributed by atoms with E-state index >= 15 is 0 Å². The Morgan fingerprint density at radius 3 is 2.68 bits per heavy atom. The first kappa shape index (κ1) is 16.2. The zero-order valence-electron chi connectivity index (χ0n) is 12.1. The molecule has 1 fully saturated rings. The summed E-state index contributed by atoms with van der Waals surface area (Å²) in [5.74, 6) is -0.789. The third-order valence-electron chi connectivity index (χ3n) is 3.74. The topological polar surface area (TPSA) is 124 Å². The lowest BCUT2D eigenvalue weighted by atomic mass is 9.97. The number of benzene rings is 1. The monoisotopic (exact) mass is 327 g/mol. The summed E-state index contributed by atoms with van der Waals surface area (Å²) in [6.45, 7) is 0.858. The van der Waals surface area contributed by atoms with Gasteiger partial charge in [-0.05, 0) is 25.0 Å². The molecule has 0 saturated carbocycles. The van der Waals surface area contributed by atoms with Gasteiger partial charge in [-0.1, -0.05) is 0 Å². The molecule has 0 bridgehead atoms. The molecule has 1 saturated heterocycles. The van der Waals surface area contributed by atoms with Gasteiger partial charge in [0.15, 0.2) is 9.84 Å². The molecule has 0 aromatic heterocycles. The van der Waals surface area contributed by atoms with Gasteiger partial charge in [-0.25, -0.2) is 8.42 Å². The van der Waals surface area contributed by atoms with Gasteiger partial charge in [0.25, 0.3) is 5.69 Å². The Labute approximate surface area is 128 Å². The third kappa shape index (κ3) is 3.35. The van der Waals surface area contributed by atoms with E-state index in [2.05, 4.69) is 0 Å². The summed E-state index contributed by atoms with van der Waals surface area (Å²) in [5.41, 5.74) is 5.33. The molecular weight excluding hydrogens is 310 g/mol. The lowest BCUT2D eigenvalue weighted by Gasteiger charge is -2.32. The molecule has 1 aliphatic heterocycles. The molecule has 1 aromatic carbocycles. The Balaban J connectivity index is 2.42. The number of piperidine rings is 1. The van der Waals surface area contributed by atoms with Gasteiger partial charge in [0.2, 0.25) is 5.91 Å². The maximum absolute atomic E-state index is 11.5. The van der Waals surface area contributed by atoms with Crippen molar-refractivity contribution in [3.63, 3.8) is 0 Å². The summed E-state index contributed by atoms with van der Waals surface area (Å²) >= 11 is 0. The van der Waals surface area contributed by atoms with Gasteiger partial charge in [0.1, 0.15) is 5.69 Å². The van der Waals surface area contributed by atoms with E-state index in [9.17, 15) is 23.3 Å². The molecule has 1 heterocycles. The van der Waals surface area contributed by atoms with E-state index in [0.717, 1.165) is 12.3 Å². The van der Waals surface area contributed by atoms with E-state index < -0.39 is 20.7 Å². The quantitative estimate of drug-likeness (QED) is 0.641. The van der Waals surface area contributed by atoms with Crippen LogP contribution in [0.2, 0.25) is 0 Å². The molecule has 1 amide bonds. The van der Waals surface area contributed by atoms with Crippen LogP contribution in [0.25, 0.3) is 0 Å². The second-order valence-corrected chi connectivity index (χ2v) is 7.38. The third-order valence-corrected chi connectivity index (χ3v) is 4.85. The second kappa shape index (κ2) is 5.91. The van der Waals surface area contributed by atoms with E-state index in [0.29, 0.717) is 31.6 Å². The molecule has 22 heavy (non-hydrogen) atoms. The summed E-state index contributed by atoms with van der Waals surface area (Å²) in [7, 11) is -3.53. The van der Waals surface area contributed by atoms with Gasteiger partial charge in [0.05, 0.1) is 15.7 Å². The fourth-order valence-electron chi connectivity index (χ4n) is 2.58. The number of nitro groups is 1. The number of nitro benzene ring substituents is 1. The average Bonchev–Trinajstić information content (AvgIpc) is 2.45. The number of rotatable bonds is 4. The Bertz CT molecular complexity index is 716. The van der Waals surface area contributed by atoms with Crippen LogP contribution in [0, 0.1) is 16.0 Å². The zero-order chi connectivity index (χ0) is 16.5. The summed E-state index contributed by atoms with van der Waals surface area (Å²) in [6.07, 6.45) is 2.34. The standard InChI is InChI=1S/C13H17N3O5S/c1-22(20,21)10-4-5-11(12(7-10)16(18)19)15-6-2-3-9(8-15)13(14)17/h4-5,7,9H,2-3,6,8H2,1H3,(H2,14,17). The minimum Gasteiger partial charge on any atom is -0.369 e. The van der Waals surface area contributed by atoms with Gasteiger partial charge in [-0.3, -0.25) is 14.9 Å². The summed E-state index contributed by atoms with van der Waals surface area (Å²) < 4.78 is 23.1. The highest BCUT2D eigenvalue weighted by molar-refractivity contribution is 7.90. The van der Waals surface area contributed by atoms with Gasteiger partial charge in [-0.2, -0.15) is 0 Å². The minimum atomic E-state index is -3.53. The van der Waals surface area contributed by atoms with Crippen molar-refractivity contribution >= 4 is 27.1 Å². The lowest BCUT2D eigenvalue weighted by molar-refractivity contribution is -0.384. The maximum Gasteiger partial charge on any atom is 0.293 e. The van der Waals surface area contributed by atoms with Crippen molar-refractivity contribution in [2.45, 2.75) is 17.7 Å². The Morgan fingerprint density at radius 2 is 2.14 bits per heavy atom. The number of nitrogens with two attached hydrogens (primary N) is 1. The first-order chi connectivity index (χ1) is 10.2. The number of nitrogens with zero attached hydrogens (tertiary/aromatic N) is 2. The molecule has 1 aliphatic rings. The first-order valence-electron chi connectivity index (χ1n) is 6.73. The van der Waals surface area contributed by atoms with Crippen LogP contribution in [0.15, 0.2) is 23.1 Å². The van der Waals surface area contributed by atoms with Crippen molar-refractivity contribution in [2.75, 3.05) is 24.2 Å². The van der Waals surface area contributed by atoms with Gasteiger partial charge < -0.3 is 10.6 Å². The molecule has 2 N–H and O–H groups in total. The predicted molar refractivity (Wildman–Crippen MR) is 80.3 cm³/mol. The Morgan fingerprint density at radius 1 is 1.45 bits per heavy atom. The van der Waals surface area contributed by atoms with Gasteiger partial charge in [0, 0.05) is 25.4 Å². The number of carbonyl (C=O) groups excluding carboxylic acids is 1. The molecule has 8 nitrogen and oxygen atoms in total. The molecule has 0 spiro atoms. The highest BCUT2D eigenvalue weighted by Crippen LogP contribution is 2.33. The average molecular weight is 327 g/mol. The van der Waals surface area contributed by atoms with Crippen molar-refractivity contribution in [1.29, 1.82) is 0 Å². The number of hydrogen-bond acceptors (Lipinski definition) is 6. The largest absolute Gasteiger partial charge is 0.369 e. The molecule has 0 radical (unpaired) electrons. The number of amides is 1. The molecule has 1 aromatic rings. The normalized spacial score (nSPS) is 19.0. The highest BCUT2D eigenvalue weighted by atomic mass is 32.2. The number of primary amides is 1. The molecule has 0 aliphatic carbocycles. The summed E-state index contributed by atoms with van der Waals surface area (Å²) in [4.78, 5) is 23.6. The van der Waals surface area contributed by atoms with Crippen LogP contribution in [0.4, 0.5) is 11.4 Å². The van der Waals surface area contributed by atoms with Crippen LogP contribution in [-0.2, 0) is 14.6 Å². The van der Waals surface area contributed by atoms with Crippen LogP contribution in [0.1, 0.15) is 12.8 Å². The number of anilines is 1. The van der Waals surface area contributed by atoms with E-state index in [1.54, 1.807) is 4.90 Å². The van der Waals surface area contributed by atoms with Gasteiger partial charge in [-0.15, -0.1) is 0 Å². The molecule has 1 unspecified atom stereocenters. The molecule has 120 valence electrons. The number of carbonyl (C=O) groups is 1. The SMILES string of the molecule is CS(=O)(=O)c1ccc(N2CCCC(C(N)=O)C2)c([N+](=O)[O-])c1. The fourth-order valence-corrected chi connectivity index (χ4v) is 3.22. The van der Waals surface area contributed by atoms with Crippen molar-refractivity contribution in [3.05, 3.63) is 28.3 Å². The van der Waals surface area contributed by atoms with E-state index in [1.165, 1.54) is 12.1 Å². The Hall–Kier alpha value is -2.16. The van der Waals surface area contributed by atoms with Gasteiger partial charge >= 0.3 is 0 Å². The molecule has 1 atom stereocenters. The van der Waals surface area contributed by atoms with E-state index in [4.69, 9.17) is 5.73 Å². The van der Waals surface area contributed by atoms with Crippen LogP contribution < -0.4 is 10.6 Å². The van der Waals surface area contributed by atoms with Crippen LogP contribution in [-0.4, -0.2) is 38.6 Å². The van der Waals surface area contributed by atoms with Crippen molar-refractivity contribution in [1.82, 2.24) is 0 Å². The van der Waals surface area contributed by atoms with Crippen LogP contribution in [0.3, 0.4) is 0 Å². The van der Waals surface area contributed by atoms with Crippen LogP contribution in [0.5, 0.6) is 0 Å². The zero-order valence-corrected chi connectivity index (χ0v) is 12.9. The second-order valence-electron chi connectivity index (χ2n) is 5.37. The summed E-state index contributed by atoms with van der Waals surface area (Å²) in [5, 5.41) is 11.3. The number of hydrogen-bond donors (Lipinski definition) is 1. The molecule has 9 heteroatoms. The minimum absolute atomic E-state index is 0.105. The highest BCUT2D eigenvalue weighted by Gasteiger charge is 2.29.